The number of alkyl halides is 3. The Morgan fingerprint density at radius 3 is 2.47 bits per heavy atom. The third kappa shape index (κ3) is 2.66. The Balaban J connectivity index is 2.51. The van der Waals surface area contributed by atoms with Crippen molar-refractivity contribution >= 4 is 15.9 Å². The molecule has 0 saturated carbocycles. The SMILES string of the molecule is FC(F)(F)c1cccc(-c2cccnc2Br)c1. The fourth-order valence-corrected chi connectivity index (χ4v) is 1.94. The van der Waals surface area contributed by atoms with Crippen molar-refractivity contribution in [1.82, 2.24) is 4.98 Å². The van der Waals surface area contributed by atoms with E-state index < -0.39 is 11.7 Å². The van der Waals surface area contributed by atoms with Crippen LogP contribution in [0.5, 0.6) is 0 Å². The second kappa shape index (κ2) is 4.49. The Labute approximate surface area is 104 Å². The van der Waals surface area contributed by atoms with E-state index in [-0.39, 0.29) is 0 Å². The number of rotatable bonds is 1. The molecule has 17 heavy (non-hydrogen) atoms. The molecular formula is C12H7BrF3N. The average molecular weight is 302 g/mol. The van der Waals surface area contributed by atoms with E-state index in [1.54, 1.807) is 24.4 Å². The van der Waals surface area contributed by atoms with Crippen LogP contribution in [0.25, 0.3) is 11.1 Å². The van der Waals surface area contributed by atoms with Gasteiger partial charge in [0, 0.05) is 11.8 Å². The summed E-state index contributed by atoms with van der Waals surface area (Å²) in [7, 11) is 0. The largest absolute Gasteiger partial charge is 0.416 e. The Morgan fingerprint density at radius 1 is 1.06 bits per heavy atom. The zero-order valence-electron chi connectivity index (χ0n) is 8.50. The van der Waals surface area contributed by atoms with Gasteiger partial charge in [-0.05, 0) is 39.7 Å². The van der Waals surface area contributed by atoms with Gasteiger partial charge in [0.25, 0.3) is 0 Å². The Morgan fingerprint density at radius 2 is 1.82 bits per heavy atom. The normalized spacial score (nSPS) is 11.5. The number of hydrogen-bond acceptors (Lipinski definition) is 1. The minimum absolute atomic E-state index is 0.486. The summed E-state index contributed by atoms with van der Waals surface area (Å²) in [6, 6.07) is 8.57. The third-order valence-electron chi connectivity index (χ3n) is 2.26. The molecule has 0 amide bonds. The first-order valence-electron chi connectivity index (χ1n) is 4.76. The van der Waals surface area contributed by atoms with Crippen molar-refractivity contribution in [1.29, 1.82) is 0 Å². The van der Waals surface area contributed by atoms with E-state index in [9.17, 15) is 13.2 Å². The molecule has 0 bridgehead atoms. The lowest BCUT2D eigenvalue weighted by Gasteiger charge is -2.09. The Kier molecular flexibility index (Phi) is 3.19. The van der Waals surface area contributed by atoms with Gasteiger partial charge < -0.3 is 0 Å². The summed E-state index contributed by atoms with van der Waals surface area (Å²) >= 11 is 3.22. The highest BCUT2D eigenvalue weighted by Crippen LogP contribution is 2.33. The quantitative estimate of drug-likeness (QED) is 0.705. The molecule has 2 aromatic rings. The van der Waals surface area contributed by atoms with Crippen molar-refractivity contribution in [2.24, 2.45) is 0 Å². The molecule has 0 aliphatic carbocycles. The number of pyridine rings is 1. The molecule has 0 unspecified atom stereocenters. The molecule has 1 aromatic carbocycles. The van der Waals surface area contributed by atoms with Gasteiger partial charge in [-0.3, -0.25) is 0 Å². The van der Waals surface area contributed by atoms with Crippen LogP contribution in [0, 0.1) is 0 Å². The average Bonchev–Trinajstić information content (AvgIpc) is 2.29. The van der Waals surface area contributed by atoms with E-state index in [0.29, 0.717) is 15.7 Å². The standard InChI is InChI=1S/C12H7BrF3N/c13-11-10(5-2-6-17-11)8-3-1-4-9(7-8)12(14,15)16/h1-7H. The molecule has 5 heteroatoms. The lowest BCUT2D eigenvalue weighted by Crippen LogP contribution is -2.04. The van der Waals surface area contributed by atoms with E-state index in [1.807, 2.05) is 0 Å². The van der Waals surface area contributed by atoms with Crippen LogP contribution in [0.3, 0.4) is 0 Å². The van der Waals surface area contributed by atoms with Crippen LogP contribution < -0.4 is 0 Å². The van der Waals surface area contributed by atoms with Gasteiger partial charge in [-0.1, -0.05) is 18.2 Å². The monoisotopic (exact) mass is 301 g/mol. The summed E-state index contributed by atoms with van der Waals surface area (Å²) in [5.74, 6) is 0. The van der Waals surface area contributed by atoms with Gasteiger partial charge in [0.15, 0.2) is 0 Å². The van der Waals surface area contributed by atoms with Gasteiger partial charge in [0.05, 0.1) is 5.56 Å². The predicted molar refractivity (Wildman–Crippen MR) is 62.4 cm³/mol. The molecule has 0 atom stereocenters. The van der Waals surface area contributed by atoms with Crippen molar-refractivity contribution in [2.75, 3.05) is 0 Å². The van der Waals surface area contributed by atoms with E-state index in [4.69, 9.17) is 0 Å². The van der Waals surface area contributed by atoms with E-state index in [1.165, 1.54) is 6.07 Å². The van der Waals surface area contributed by atoms with Gasteiger partial charge in [-0.25, -0.2) is 4.98 Å². The minimum Gasteiger partial charge on any atom is -0.249 e. The highest BCUT2D eigenvalue weighted by Gasteiger charge is 2.30. The smallest absolute Gasteiger partial charge is 0.249 e. The van der Waals surface area contributed by atoms with E-state index in [2.05, 4.69) is 20.9 Å². The number of nitrogens with zero attached hydrogens (tertiary/aromatic N) is 1. The van der Waals surface area contributed by atoms with Crippen LogP contribution in [-0.2, 0) is 6.18 Å². The molecule has 1 nitrogen and oxygen atoms in total. The van der Waals surface area contributed by atoms with Gasteiger partial charge in [0.2, 0.25) is 0 Å². The highest BCUT2D eigenvalue weighted by atomic mass is 79.9. The lowest BCUT2D eigenvalue weighted by molar-refractivity contribution is -0.137. The number of hydrogen-bond donors (Lipinski definition) is 0. The number of halogens is 4. The Bertz CT molecular complexity index is 537. The summed E-state index contributed by atoms with van der Waals surface area (Å²) in [5, 5.41) is 0. The van der Waals surface area contributed by atoms with Gasteiger partial charge in [-0.2, -0.15) is 13.2 Å². The predicted octanol–water partition coefficient (Wildman–Crippen LogP) is 4.53. The maximum Gasteiger partial charge on any atom is 0.416 e. The molecule has 0 radical (unpaired) electrons. The first-order valence-corrected chi connectivity index (χ1v) is 5.56. The molecule has 1 aromatic heterocycles. The summed E-state index contributed by atoms with van der Waals surface area (Å²) in [6.07, 6.45) is -2.76. The van der Waals surface area contributed by atoms with Crippen molar-refractivity contribution in [3.8, 4) is 11.1 Å². The topological polar surface area (TPSA) is 12.9 Å². The summed E-state index contributed by atoms with van der Waals surface area (Å²) < 4.78 is 38.2. The highest BCUT2D eigenvalue weighted by molar-refractivity contribution is 9.10. The first kappa shape index (κ1) is 12.1. The van der Waals surface area contributed by atoms with Crippen LogP contribution >= 0.6 is 15.9 Å². The van der Waals surface area contributed by atoms with E-state index >= 15 is 0 Å². The maximum atomic E-state index is 12.6. The zero-order valence-corrected chi connectivity index (χ0v) is 10.1. The van der Waals surface area contributed by atoms with Crippen LogP contribution in [0.2, 0.25) is 0 Å². The maximum absolute atomic E-state index is 12.6. The second-order valence-electron chi connectivity index (χ2n) is 3.42. The fourth-order valence-electron chi connectivity index (χ4n) is 1.46. The third-order valence-corrected chi connectivity index (χ3v) is 2.89. The van der Waals surface area contributed by atoms with Crippen LogP contribution in [0.4, 0.5) is 13.2 Å². The van der Waals surface area contributed by atoms with Gasteiger partial charge in [0.1, 0.15) is 4.60 Å². The zero-order chi connectivity index (χ0) is 12.5. The van der Waals surface area contributed by atoms with Crippen molar-refractivity contribution in [2.45, 2.75) is 6.18 Å². The molecule has 1 heterocycles. The molecule has 88 valence electrons. The molecule has 0 saturated heterocycles. The molecule has 0 aliphatic heterocycles. The van der Waals surface area contributed by atoms with Crippen LogP contribution in [0.1, 0.15) is 5.56 Å². The molecule has 0 aliphatic rings. The molecule has 0 fully saturated rings. The first-order chi connectivity index (χ1) is 7.98. The van der Waals surface area contributed by atoms with Crippen LogP contribution in [-0.4, -0.2) is 4.98 Å². The number of benzene rings is 1. The second-order valence-corrected chi connectivity index (χ2v) is 4.17. The lowest BCUT2D eigenvalue weighted by atomic mass is 10.0. The van der Waals surface area contributed by atoms with Crippen LogP contribution in [0.15, 0.2) is 47.2 Å². The fraction of sp³-hybridized carbons (Fsp3) is 0.0833. The van der Waals surface area contributed by atoms with Crippen molar-refractivity contribution in [3.05, 3.63) is 52.8 Å². The van der Waals surface area contributed by atoms with E-state index in [0.717, 1.165) is 12.1 Å². The number of aromatic nitrogens is 1. The summed E-state index contributed by atoms with van der Waals surface area (Å²) in [4.78, 5) is 3.98. The molecule has 0 spiro atoms. The Hall–Kier alpha value is -1.36. The molecular weight excluding hydrogens is 295 g/mol. The summed E-state index contributed by atoms with van der Waals surface area (Å²) in [6.45, 7) is 0. The minimum atomic E-state index is -4.33. The molecule has 2 rings (SSSR count). The molecule has 0 N–H and O–H groups in total. The van der Waals surface area contributed by atoms with Crippen molar-refractivity contribution in [3.63, 3.8) is 0 Å². The van der Waals surface area contributed by atoms with Crippen molar-refractivity contribution < 1.29 is 13.2 Å². The van der Waals surface area contributed by atoms with Gasteiger partial charge >= 0.3 is 6.18 Å². The summed E-state index contributed by atoms with van der Waals surface area (Å²) in [5.41, 5.74) is 0.462. The van der Waals surface area contributed by atoms with Gasteiger partial charge in [-0.15, -0.1) is 0 Å².